The van der Waals surface area contributed by atoms with Crippen LogP contribution in [0.5, 0.6) is 5.75 Å². The van der Waals surface area contributed by atoms with Gasteiger partial charge in [0.25, 0.3) is 5.91 Å². The van der Waals surface area contributed by atoms with Crippen molar-refractivity contribution in [3.63, 3.8) is 0 Å². The van der Waals surface area contributed by atoms with Gasteiger partial charge in [-0.05, 0) is 50.2 Å². The molecule has 0 atom stereocenters. The number of nitrogens with one attached hydrogen (secondary N) is 1. The normalized spacial score (nSPS) is 18.8. The smallest absolute Gasteiger partial charge is 0.271 e. The van der Waals surface area contributed by atoms with Crippen LogP contribution in [0.2, 0.25) is 0 Å². The van der Waals surface area contributed by atoms with Crippen molar-refractivity contribution in [1.29, 1.82) is 0 Å². The molecule has 164 valence electrons. The third-order valence-corrected chi connectivity index (χ3v) is 7.52. The van der Waals surface area contributed by atoms with Crippen molar-refractivity contribution < 1.29 is 22.7 Å². The van der Waals surface area contributed by atoms with E-state index < -0.39 is 21.7 Å². The molecule has 0 aromatic heterocycles. The van der Waals surface area contributed by atoms with Gasteiger partial charge in [0, 0.05) is 42.9 Å². The number of halogens is 1. The number of hydrogen-bond donors (Lipinski definition) is 2. The Morgan fingerprint density at radius 2 is 1.87 bits per heavy atom. The highest BCUT2D eigenvalue weighted by Crippen LogP contribution is 2.32. The molecule has 0 spiro atoms. The fourth-order valence-corrected chi connectivity index (χ4v) is 5.28. The number of sulfonamides is 1. The zero-order chi connectivity index (χ0) is 22.2. The Balaban J connectivity index is 1.53. The number of piperazine rings is 1. The van der Waals surface area contributed by atoms with Crippen LogP contribution in [0, 0.1) is 5.82 Å². The topological polar surface area (TPSA) is 102 Å². The van der Waals surface area contributed by atoms with E-state index in [9.17, 15) is 22.7 Å². The first-order valence-corrected chi connectivity index (χ1v) is 11.4. The van der Waals surface area contributed by atoms with Crippen LogP contribution >= 0.6 is 0 Å². The predicted octanol–water partition coefficient (Wildman–Crippen LogP) is 1.55. The van der Waals surface area contributed by atoms with Crippen LogP contribution in [0.3, 0.4) is 0 Å². The van der Waals surface area contributed by atoms with Crippen LogP contribution in [-0.4, -0.2) is 67.6 Å². The number of nitrogens with zero attached hydrogens (tertiary/aromatic N) is 3. The lowest BCUT2D eigenvalue weighted by Crippen LogP contribution is -2.47. The third-order valence-electron chi connectivity index (χ3n) is 5.62. The minimum Gasteiger partial charge on any atom is -0.507 e. The summed E-state index contributed by atoms with van der Waals surface area (Å²) < 4.78 is 41.2. The number of rotatable bonds is 4. The first kappa shape index (κ1) is 21.4. The molecular weight excluding hydrogens is 423 g/mol. The second-order valence-electron chi connectivity index (χ2n) is 7.65. The highest BCUT2D eigenvalue weighted by Gasteiger charge is 2.28. The Labute approximate surface area is 180 Å². The number of fused-ring (bicyclic) bond motifs is 1. The second kappa shape index (κ2) is 8.37. The van der Waals surface area contributed by atoms with E-state index in [0.717, 1.165) is 0 Å². The molecule has 0 bridgehead atoms. The van der Waals surface area contributed by atoms with Crippen molar-refractivity contribution >= 4 is 21.6 Å². The zero-order valence-corrected chi connectivity index (χ0v) is 17.8. The standard InChI is InChI=1S/C21H23FN4O4S/c1-25-9-11-26(12-10-25)31(29,30)15-4-2-3-14(13-15)21(28)24-23-18-7-5-16-17(22)6-8-19(27)20(16)18/h2-4,6,8,13,27H,5,7,9-12H2,1H3,(H,24,28)/b23-18+. The van der Waals surface area contributed by atoms with Crippen molar-refractivity contribution in [3.8, 4) is 5.75 Å². The molecule has 0 radical (unpaired) electrons. The maximum absolute atomic E-state index is 13.9. The molecule has 2 N–H and O–H groups in total. The van der Waals surface area contributed by atoms with Gasteiger partial charge >= 0.3 is 0 Å². The Kier molecular flexibility index (Phi) is 5.78. The molecule has 2 aromatic rings. The van der Waals surface area contributed by atoms with Crippen molar-refractivity contribution in [1.82, 2.24) is 14.6 Å². The fourth-order valence-electron chi connectivity index (χ4n) is 3.81. The van der Waals surface area contributed by atoms with Gasteiger partial charge < -0.3 is 10.0 Å². The average molecular weight is 447 g/mol. The summed E-state index contributed by atoms with van der Waals surface area (Å²) in [6.07, 6.45) is 0.755. The molecule has 1 fully saturated rings. The Hall–Kier alpha value is -2.82. The number of hydrazone groups is 1. The molecule has 31 heavy (non-hydrogen) atoms. The third kappa shape index (κ3) is 4.18. The molecule has 1 aliphatic carbocycles. The minimum absolute atomic E-state index is 0.0447. The van der Waals surface area contributed by atoms with Crippen molar-refractivity contribution in [2.75, 3.05) is 33.2 Å². The van der Waals surface area contributed by atoms with Gasteiger partial charge in [0.05, 0.1) is 10.6 Å². The summed E-state index contributed by atoms with van der Waals surface area (Å²) in [6, 6.07) is 8.24. The molecule has 4 rings (SSSR count). The van der Waals surface area contributed by atoms with E-state index in [1.807, 2.05) is 7.05 Å². The van der Waals surface area contributed by atoms with Gasteiger partial charge in [0.1, 0.15) is 11.6 Å². The molecule has 2 aliphatic rings. The van der Waals surface area contributed by atoms with Gasteiger partial charge in [-0.1, -0.05) is 6.07 Å². The van der Waals surface area contributed by atoms with E-state index in [-0.39, 0.29) is 16.2 Å². The molecule has 1 amide bonds. The monoisotopic (exact) mass is 446 g/mol. The van der Waals surface area contributed by atoms with Crippen molar-refractivity contribution in [2.45, 2.75) is 17.7 Å². The maximum Gasteiger partial charge on any atom is 0.271 e. The number of benzene rings is 2. The first-order chi connectivity index (χ1) is 14.8. The van der Waals surface area contributed by atoms with E-state index >= 15 is 0 Å². The van der Waals surface area contributed by atoms with Gasteiger partial charge in [-0.25, -0.2) is 18.2 Å². The van der Waals surface area contributed by atoms with Crippen molar-refractivity contribution in [3.05, 3.63) is 58.9 Å². The molecule has 2 aromatic carbocycles. The summed E-state index contributed by atoms with van der Waals surface area (Å²) in [5.74, 6) is -1.11. The summed E-state index contributed by atoms with van der Waals surface area (Å²) in [6.45, 7) is 2.07. The second-order valence-corrected chi connectivity index (χ2v) is 9.59. The van der Waals surface area contributed by atoms with Gasteiger partial charge in [-0.2, -0.15) is 9.41 Å². The average Bonchev–Trinajstić information content (AvgIpc) is 3.20. The highest BCUT2D eigenvalue weighted by atomic mass is 32.2. The number of amides is 1. The lowest BCUT2D eigenvalue weighted by molar-refractivity contribution is 0.0954. The molecule has 0 saturated carbocycles. The molecule has 1 saturated heterocycles. The summed E-state index contributed by atoms with van der Waals surface area (Å²) >= 11 is 0. The van der Waals surface area contributed by atoms with E-state index in [0.29, 0.717) is 55.9 Å². The van der Waals surface area contributed by atoms with Crippen LogP contribution in [0.15, 0.2) is 46.4 Å². The van der Waals surface area contributed by atoms with E-state index in [1.54, 1.807) is 0 Å². The van der Waals surface area contributed by atoms with Crippen LogP contribution < -0.4 is 5.43 Å². The zero-order valence-electron chi connectivity index (χ0n) is 17.0. The molecular formula is C21H23FN4O4S. The maximum atomic E-state index is 13.9. The van der Waals surface area contributed by atoms with Crippen molar-refractivity contribution in [2.24, 2.45) is 5.10 Å². The van der Waals surface area contributed by atoms with E-state index in [2.05, 4.69) is 15.4 Å². The SMILES string of the molecule is CN1CCN(S(=O)(=O)c2cccc(C(=O)N/N=C3\CCc4c(F)ccc(O)c43)c2)CC1. The molecule has 8 nitrogen and oxygen atoms in total. The summed E-state index contributed by atoms with van der Waals surface area (Å²) in [4.78, 5) is 14.7. The molecule has 1 aliphatic heterocycles. The molecule has 10 heteroatoms. The number of carbonyl (C=O) groups excluding carboxylic acids is 1. The number of carbonyl (C=O) groups is 1. The summed E-state index contributed by atoms with van der Waals surface area (Å²) in [5.41, 5.74) is 3.58. The van der Waals surface area contributed by atoms with Crippen LogP contribution in [-0.2, 0) is 16.4 Å². The van der Waals surface area contributed by atoms with Crippen LogP contribution in [0.25, 0.3) is 0 Å². The Bertz CT molecular complexity index is 1160. The Morgan fingerprint density at radius 3 is 2.61 bits per heavy atom. The number of hydrogen-bond acceptors (Lipinski definition) is 6. The van der Waals surface area contributed by atoms with Crippen LogP contribution in [0.4, 0.5) is 4.39 Å². The Morgan fingerprint density at radius 1 is 1.13 bits per heavy atom. The molecule has 1 heterocycles. The predicted molar refractivity (Wildman–Crippen MR) is 113 cm³/mol. The quantitative estimate of drug-likeness (QED) is 0.694. The fraction of sp³-hybridized carbons (Fsp3) is 0.333. The highest BCUT2D eigenvalue weighted by molar-refractivity contribution is 7.89. The summed E-state index contributed by atoms with van der Waals surface area (Å²) in [7, 11) is -1.77. The molecule has 0 unspecified atom stereocenters. The van der Waals surface area contributed by atoms with E-state index in [4.69, 9.17) is 0 Å². The number of likely N-dealkylation sites (N-methyl/N-ethyl adjacent to an activating group) is 1. The van der Waals surface area contributed by atoms with Gasteiger partial charge in [0.2, 0.25) is 10.0 Å². The number of aromatic hydroxyl groups is 1. The minimum atomic E-state index is -3.71. The lowest BCUT2D eigenvalue weighted by Gasteiger charge is -2.31. The largest absolute Gasteiger partial charge is 0.507 e. The van der Waals surface area contributed by atoms with Gasteiger partial charge in [-0.3, -0.25) is 4.79 Å². The van der Waals surface area contributed by atoms with Crippen LogP contribution in [0.1, 0.15) is 27.9 Å². The summed E-state index contributed by atoms with van der Waals surface area (Å²) in [5, 5.41) is 14.1. The van der Waals surface area contributed by atoms with Gasteiger partial charge in [0.15, 0.2) is 0 Å². The van der Waals surface area contributed by atoms with Gasteiger partial charge in [-0.15, -0.1) is 0 Å². The number of phenols is 1. The first-order valence-electron chi connectivity index (χ1n) is 9.94. The number of phenolic OH excluding ortho intramolecular Hbond substituents is 1. The van der Waals surface area contributed by atoms with E-state index in [1.165, 1.54) is 40.7 Å². The lowest BCUT2D eigenvalue weighted by atomic mass is 10.1.